The number of hydrogen-bond donors (Lipinski definition) is 2. The van der Waals surface area contributed by atoms with E-state index in [2.05, 4.69) is 43.3 Å². The standard InChI is InChI=1S/C24H21NO2/c1-2-18-20(13-15-10-11-16-6-3-4-7-17(16)12-15)19-8-5-9-22(26)24(19)21(18)14-23(25)27/h3-13,26H,2,14H2,1H3,(H2,25,27). The van der Waals surface area contributed by atoms with E-state index in [-0.39, 0.29) is 12.2 Å². The van der Waals surface area contributed by atoms with Gasteiger partial charge in [-0.2, -0.15) is 0 Å². The van der Waals surface area contributed by atoms with Crippen LogP contribution in [-0.4, -0.2) is 11.0 Å². The van der Waals surface area contributed by atoms with Crippen molar-refractivity contribution in [2.45, 2.75) is 19.8 Å². The quantitative estimate of drug-likeness (QED) is 0.681. The lowest BCUT2D eigenvalue weighted by molar-refractivity contribution is -0.117. The summed E-state index contributed by atoms with van der Waals surface area (Å²) in [6.07, 6.45) is 3.02. The van der Waals surface area contributed by atoms with Crippen LogP contribution in [0, 0.1) is 0 Å². The number of fused-ring (bicyclic) bond motifs is 2. The van der Waals surface area contributed by atoms with Crippen molar-refractivity contribution in [1.29, 1.82) is 0 Å². The number of rotatable bonds is 4. The average molecular weight is 355 g/mol. The molecule has 3 aromatic carbocycles. The maximum Gasteiger partial charge on any atom is 0.221 e. The van der Waals surface area contributed by atoms with Crippen LogP contribution in [0.4, 0.5) is 0 Å². The van der Waals surface area contributed by atoms with Crippen molar-refractivity contribution in [3.63, 3.8) is 0 Å². The van der Waals surface area contributed by atoms with Crippen molar-refractivity contribution in [1.82, 2.24) is 0 Å². The molecule has 0 unspecified atom stereocenters. The fraction of sp³-hybridized carbons (Fsp3) is 0.125. The SMILES string of the molecule is CCC1=C(CC(N)=O)c2c(O)cccc2C1=Cc1ccc2ccccc2c1. The van der Waals surface area contributed by atoms with Gasteiger partial charge in [-0.25, -0.2) is 0 Å². The number of phenolic OH excluding ortho intramolecular Hbond substituents is 1. The Hall–Kier alpha value is -3.33. The molecule has 0 aromatic heterocycles. The second-order valence-corrected chi connectivity index (χ2v) is 6.82. The van der Waals surface area contributed by atoms with Crippen LogP contribution in [0.25, 0.3) is 28.0 Å². The first-order valence-electron chi connectivity index (χ1n) is 9.12. The van der Waals surface area contributed by atoms with E-state index in [0.717, 1.165) is 39.8 Å². The van der Waals surface area contributed by atoms with E-state index >= 15 is 0 Å². The van der Waals surface area contributed by atoms with Crippen molar-refractivity contribution in [2.75, 3.05) is 0 Å². The molecule has 4 rings (SSSR count). The van der Waals surface area contributed by atoms with Crippen LogP contribution in [0.2, 0.25) is 0 Å². The van der Waals surface area contributed by atoms with Gasteiger partial charge in [-0.05, 0) is 63.2 Å². The lowest BCUT2D eigenvalue weighted by atomic mass is 9.97. The largest absolute Gasteiger partial charge is 0.507 e. The fourth-order valence-corrected chi connectivity index (χ4v) is 3.96. The highest BCUT2D eigenvalue weighted by Crippen LogP contribution is 2.48. The summed E-state index contributed by atoms with van der Waals surface area (Å²) in [7, 11) is 0. The summed E-state index contributed by atoms with van der Waals surface area (Å²) in [5.41, 5.74) is 11.2. The smallest absolute Gasteiger partial charge is 0.221 e. The lowest BCUT2D eigenvalue weighted by Crippen LogP contribution is -2.11. The third-order valence-corrected chi connectivity index (χ3v) is 5.11. The van der Waals surface area contributed by atoms with E-state index in [4.69, 9.17) is 5.73 Å². The van der Waals surface area contributed by atoms with Gasteiger partial charge in [0.25, 0.3) is 0 Å². The molecule has 1 aliphatic rings. The first-order valence-corrected chi connectivity index (χ1v) is 9.12. The van der Waals surface area contributed by atoms with Crippen molar-refractivity contribution in [3.8, 4) is 5.75 Å². The number of carbonyl (C=O) groups excluding carboxylic acids is 1. The van der Waals surface area contributed by atoms with E-state index in [1.165, 1.54) is 10.8 Å². The molecule has 1 aliphatic carbocycles. The van der Waals surface area contributed by atoms with Gasteiger partial charge < -0.3 is 10.8 Å². The minimum Gasteiger partial charge on any atom is -0.507 e. The van der Waals surface area contributed by atoms with E-state index in [1.807, 2.05) is 24.3 Å². The summed E-state index contributed by atoms with van der Waals surface area (Å²) < 4.78 is 0. The van der Waals surface area contributed by atoms with E-state index < -0.39 is 5.91 Å². The predicted octanol–water partition coefficient (Wildman–Crippen LogP) is 5.14. The van der Waals surface area contributed by atoms with Crippen LogP contribution in [-0.2, 0) is 4.79 Å². The topological polar surface area (TPSA) is 63.3 Å². The molecule has 0 heterocycles. The Labute approximate surface area is 158 Å². The Balaban J connectivity index is 1.92. The molecule has 3 N–H and O–H groups in total. The summed E-state index contributed by atoms with van der Waals surface area (Å²) in [5, 5.41) is 12.8. The van der Waals surface area contributed by atoms with Gasteiger partial charge >= 0.3 is 0 Å². The second-order valence-electron chi connectivity index (χ2n) is 6.82. The van der Waals surface area contributed by atoms with Crippen LogP contribution in [0.1, 0.15) is 36.5 Å². The van der Waals surface area contributed by atoms with Crippen molar-refractivity contribution in [3.05, 3.63) is 82.9 Å². The molecule has 0 atom stereocenters. The number of aromatic hydroxyl groups is 1. The van der Waals surface area contributed by atoms with Gasteiger partial charge in [-0.1, -0.05) is 55.5 Å². The number of benzene rings is 3. The Morgan fingerprint density at radius 1 is 1.00 bits per heavy atom. The Bertz CT molecular complexity index is 1120. The second kappa shape index (κ2) is 6.76. The highest BCUT2D eigenvalue weighted by atomic mass is 16.3. The number of amides is 1. The lowest BCUT2D eigenvalue weighted by Gasteiger charge is -2.07. The number of primary amides is 1. The van der Waals surface area contributed by atoms with Gasteiger partial charge in [-0.3, -0.25) is 4.79 Å². The molecule has 0 saturated heterocycles. The third kappa shape index (κ3) is 3.02. The van der Waals surface area contributed by atoms with Crippen molar-refractivity contribution < 1.29 is 9.90 Å². The molecule has 3 nitrogen and oxygen atoms in total. The van der Waals surface area contributed by atoms with Gasteiger partial charge in [0.2, 0.25) is 5.91 Å². The molecule has 0 aliphatic heterocycles. The molecule has 0 fully saturated rings. The Kier molecular flexibility index (Phi) is 4.28. The van der Waals surface area contributed by atoms with Gasteiger partial charge in [0.15, 0.2) is 0 Å². The molecular formula is C24H21NO2. The highest BCUT2D eigenvalue weighted by Gasteiger charge is 2.28. The zero-order chi connectivity index (χ0) is 19.0. The third-order valence-electron chi connectivity index (χ3n) is 5.11. The first kappa shape index (κ1) is 17.1. The van der Waals surface area contributed by atoms with Crippen LogP contribution >= 0.6 is 0 Å². The highest BCUT2D eigenvalue weighted by molar-refractivity contribution is 6.09. The molecule has 0 spiro atoms. The number of hydrogen-bond acceptors (Lipinski definition) is 2. The van der Waals surface area contributed by atoms with Gasteiger partial charge in [-0.15, -0.1) is 0 Å². The minimum atomic E-state index is -0.392. The van der Waals surface area contributed by atoms with Gasteiger partial charge in [0.1, 0.15) is 5.75 Å². The van der Waals surface area contributed by atoms with Crippen LogP contribution in [0.3, 0.4) is 0 Å². The zero-order valence-corrected chi connectivity index (χ0v) is 15.2. The van der Waals surface area contributed by atoms with Crippen molar-refractivity contribution in [2.24, 2.45) is 5.73 Å². The van der Waals surface area contributed by atoms with Crippen LogP contribution in [0.15, 0.2) is 66.2 Å². The minimum absolute atomic E-state index is 0.128. The van der Waals surface area contributed by atoms with E-state index in [9.17, 15) is 9.90 Å². The van der Waals surface area contributed by atoms with E-state index in [1.54, 1.807) is 6.07 Å². The number of phenols is 1. The number of allylic oxidation sites excluding steroid dienone is 2. The number of carbonyl (C=O) groups is 1. The molecule has 3 heteroatoms. The monoisotopic (exact) mass is 355 g/mol. The molecule has 0 bridgehead atoms. The predicted molar refractivity (Wildman–Crippen MR) is 111 cm³/mol. The van der Waals surface area contributed by atoms with Gasteiger partial charge in [0.05, 0.1) is 6.42 Å². The summed E-state index contributed by atoms with van der Waals surface area (Å²) in [6.45, 7) is 2.06. The van der Waals surface area contributed by atoms with Gasteiger partial charge in [0, 0.05) is 5.56 Å². The normalized spacial score (nSPS) is 14.8. The van der Waals surface area contributed by atoms with Crippen LogP contribution in [0.5, 0.6) is 5.75 Å². The Morgan fingerprint density at radius 3 is 2.52 bits per heavy atom. The van der Waals surface area contributed by atoms with E-state index in [0.29, 0.717) is 0 Å². The maximum absolute atomic E-state index is 11.6. The maximum atomic E-state index is 11.6. The molecule has 3 aromatic rings. The molecule has 0 radical (unpaired) electrons. The summed E-state index contributed by atoms with van der Waals surface area (Å²) >= 11 is 0. The molecule has 1 amide bonds. The average Bonchev–Trinajstić information content (AvgIpc) is 2.95. The zero-order valence-electron chi connectivity index (χ0n) is 15.2. The summed E-state index contributed by atoms with van der Waals surface area (Å²) in [5.74, 6) is -0.200. The van der Waals surface area contributed by atoms with Crippen LogP contribution < -0.4 is 5.73 Å². The molecule has 134 valence electrons. The Morgan fingerprint density at radius 2 is 1.78 bits per heavy atom. The first-order chi connectivity index (χ1) is 13.1. The molecule has 0 saturated carbocycles. The van der Waals surface area contributed by atoms with Crippen molar-refractivity contribution >= 4 is 33.9 Å². The molecule has 27 heavy (non-hydrogen) atoms. The molecular weight excluding hydrogens is 334 g/mol. The number of nitrogens with two attached hydrogens (primary N) is 1. The summed E-state index contributed by atoms with van der Waals surface area (Å²) in [6, 6.07) is 20.1. The fourth-order valence-electron chi connectivity index (χ4n) is 3.96. The summed E-state index contributed by atoms with van der Waals surface area (Å²) in [4.78, 5) is 11.6.